The SMILES string of the molecule is C=C[C@@H](C#CC#CC/C=C\CCCCCCC)OC(=O)[C@](OC)(c1ccccc1)C(F)(F)F. The minimum absolute atomic E-state index is 0.391. The Bertz CT molecular complexity index is 882. The third-order valence-corrected chi connectivity index (χ3v) is 4.85. The van der Waals surface area contributed by atoms with Crippen LogP contribution in [0.3, 0.4) is 0 Å². The van der Waals surface area contributed by atoms with Crippen molar-refractivity contribution in [3.63, 3.8) is 0 Å². The third-order valence-electron chi connectivity index (χ3n) is 4.85. The maximum absolute atomic E-state index is 13.9. The minimum atomic E-state index is -5.05. The van der Waals surface area contributed by atoms with Gasteiger partial charge in [0.25, 0.3) is 5.60 Å². The van der Waals surface area contributed by atoms with E-state index >= 15 is 0 Å². The summed E-state index contributed by atoms with van der Waals surface area (Å²) < 4.78 is 51.4. The number of allylic oxidation sites excluding steroid dienone is 2. The lowest BCUT2D eigenvalue weighted by Crippen LogP contribution is -2.52. The third kappa shape index (κ3) is 8.83. The van der Waals surface area contributed by atoms with Crippen molar-refractivity contribution < 1.29 is 27.4 Å². The number of ether oxygens (including phenoxy) is 2. The molecule has 0 unspecified atom stereocenters. The van der Waals surface area contributed by atoms with Crippen molar-refractivity contribution >= 4 is 5.97 Å². The lowest BCUT2D eigenvalue weighted by molar-refractivity contribution is -0.276. The smallest absolute Gasteiger partial charge is 0.432 e. The number of hydrogen-bond donors (Lipinski definition) is 0. The topological polar surface area (TPSA) is 35.5 Å². The van der Waals surface area contributed by atoms with Gasteiger partial charge in [0, 0.05) is 19.1 Å². The van der Waals surface area contributed by atoms with Crippen molar-refractivity contribution in [3.05, 3.63) is 60.7 Å². The van der Waals surface area contributed by atoms with Gasteiger partial charge in [-0.15, -0.1) is 0 Å². The van der Waals surface area contributed by atoms with Gasteiger partial charge in [0.05, 0.1) is 0 Å². The summed E-state index contributed by atoms with van der Waals surface area (Å²) in [6.45, 7) is 5.65. The number of benzene rings is 1. The van der Waals surface area contributed by atoms with Gasteiger partial charge < -0.3 is 9.47 Å². The first-order chi connectivity index (χ1) is 15.8. The van der Waals surface area contributed by atoms with E-state index in [4.69, 9.17) is 9.47 Å². The van der Waals surface area contributed by atoms with Gasteiger partial charge in [0.2, 0.25) is 0 Å². The van der Waals surface area contributed by atoms with Gasteiger partial charge >= 0.3 is 12.1 Å². The van der Waals surface area contributed by atoms with Crippen molar-refractivity contribution in [1.82, 2.24) is 0 Å². The van der Waals surface area contributed by atoms with E-state index < -0.39 is 29.4 Å². The van der Waals surface area contributed by atoms with Crippen LogP contribution in [0.15, 0.2) is 55.1 Å². The molecule has 0 radical (unpaired) electrons. The Balaban J connectivity index is 2.74. The summed E-state index contributed by atoms with van der Waals surface area (Å²) >= 11 is 0. The number of methoxy groups -OCH3 is 1. The van der Waals surface area contributed by atoms with Gasteiger partial charge in [-0.1, -0.05) is 87.6 Å². The summed E-state index contributed by atoms with van der Waals surface area (Å²) in [5.74, 6) is 8.80. The summed E-state index contributed by atoms with van der Waals surface area (Å²) in [5.41, 5.74) is -3.66. The molecule has 0 saturated heterocycles. The molecule has 0 aliphatic heterocycles. The standard InChI is InChI=1S/C27H31F3O3/c1-4-6-7-8-9-10-11-12-13-14-15-19-22-24(5-2)33-25(31)26(32-3,27(28,29)30)23-20-17-16-18-21-23/h5,11-12,16-18,20-21,24H,2,4,6-10,13H2,1,3H3/b12-11-/t24-,26+/m0/s1. The van der Waals surface area contributed by atoms with Crippen molar-refractivity contribution in [2.24, 2.45) is 0 Å². The maximum Gasteiger partial charge on any atom is 0.432 e. The molecular formula is C27H31F3O3. The molecule has 0 aliphatic rings. The molecule has 0 amide bonds. The molecule has 0 bridgehead atoms. The number of unbranched alkanes of at least 4 members (excludes halogenated alkanes) is 5. The van der Waals surface area contributed by atoms with E-state index in [-0.39, 0.29) is 0 Å². The van der Waals surface area contributed by atoms with E-state index in [2.05, 4.69) is 43.3 Å². The molecule has 1 aromatic rings. The highest BCUT2D eigenvalue weighted by Gasteiger charge is 2.64. The Morgan fingerprint density at radius 1 is 1.09 bits per heavy atom. The molecule has 0 saturated carbocycles. The van der Waals surface area contributed by atoms with Crippen LogP contribution in [0.4, 0.5) is 13.2 Å². The first-order valence-corrected chi connectivity index (χ1v) is 11.0. The summed E-state index contributed by atoms with van der Waals surface area (Å²) in [4.78, 5) is 12.6. The monoisotopic (exact) mass is 460 g/mol. The van der Waals surface area contributed by atoms with Crippen LogP contribution < -0.4 is 0 Å². The summed E-state index contributed by atoms with van der Waals surface area (Å²) in [5, 5.41) is 0. The zero-order valence-electron chi connectivity index (χ0n) is 19.2. The van der Waals surface area contributed by atoms with Crippen LogP contribution in [0.1, 0.15) is 57.4 Å². The second-order valence-electron chi connectivity index (χ2n) is 7.26. The Labute approximate surface area is 195 Å². The van der Waals surface area contributed by atoms with Crippen LogP contribution in [0.25, 0.3) is 0 Å². The van der Waals surface area contributed by atoms with Gasteiger partial charge in [-0.2, -0.15) is 13.2 Å². The summed E-state index contributed by atoms with van der Waals surface area (Å²) in [6.07, 6.45) is 6.48. The molecule has 0 fully saturated rings. The Hall–Kier alpha value is -2.96. The highest BCUT2D eigenvalue weighted by Crippen LogP contribution is 2.43. The normalized spacial score (nSPS) is 13.7. The number of alkyl halides is 3. The molecule has 0 aromatic heterocycles. The Morgan fingerprint density at radius 2 is 1.79 bits per heavy atom. The second-order valence-corrected chi connectivity index (χ2v) is 7.26. The molecule has 33 heavy (non-hydrogen) atoms. The lowest BCUT2D eigenvalue weighted by atomic mass is 9.92. The quantitative estimate of drug-likeness (QED) is 0.155. The minimum Gasteiger partial charge on any atom is -0.442 e. The molecule has 6 heteroatoms. The number of halogens is 3. The Morgan fingerprint density at radius 3 is 2.39 bits per heavy atom. The van der Waals surface area contributed by atoms with Crippen LogP contribution in [0.5, 0.6) is 0 Å². The van der Waals surface area contributed by atoms with E-state index in [1.807, 2.05) is 6.08 Å². The predicted molar refractivity (Wildman–Crippen MR) is 124 cm³/mol. The fraction of sp³-hybridized carbons (Fsp3) is 0.444. The van der Waals surface area contributed by atoms with Crippen molar-refractivity contribution in [1.29, 1.82) is 0 Å². The molecule has 178 valence electrons. The molecule has 0 spiro atoms. The molecule has 1 aromatic carbocycles. The summed E-state index contributed by atoms with van der Waals surface area (Å²) in [7, 11) is 0.806. The molecular weight excluding hydrogens is 429 g/mol. The fourth-order valence-corrected chi connectivity index (χ4v) is 3.05. The van der Waals surface area contributed by atoms with Crippen LogP contribution in [0.2, 0.25) is 0 Å². The van der Waals surface area contributed by atoms with Gasteiger partial charge in [-0.25, -0.2) is 4.79 Å². The van der Waals surface area contributed by atoms with E-state index in [9.17, 15) is 18.0 Å². The molecule has 0 N–H and O–H groups in total. The highest BCUT2D eigenvalue weighted by molar-refractivity contribution is 5.83. The number of hydrogen-bond acceptors (Lipinski definition) is 3. The number of carbonyl (C=O) groups is 1. The largest absolute Gasteiger partial charge is 0.442 e. The van der Waals surface area contributed by atoms with Gasteiger partial charge in [-0.05, 0) is 36.7 Å². The van der Waals surface area contributed by atoms with E-state index in [0.717, 1.165) is 38.2 Å². The number of esters is 1. The van der Waals surface area contributed by atoms with E-state index in [0.29, 0.717) is 6.42 Å². The number of carbonyl (C=O) groups excluding carboxylic acids is 1. The first kappa shape index (κ1) is 28.1. The zero-order valence-corrected chi connectivity index (χ0v) is 19.2. The van der Waals surface area contributed by atoms with Gasteiger partial charge in [0.1, 0.15) is 0 Å². The zero-order chi connectivity index (χ0) is 24.6. The van der Waals surface area contributed by atoms with E-state index in [1.54, 1.807) is 0 Å². The predicted octanol–water partition coefficient (Wildman–Crippen LogP) is 6.50. The molecule has 0 aliphatic carbocycles. The maximum atomic E-state index is 13.9. The summed E-state index contributed by atoms with van der Waals surface area (Å²) in [6, 6.07) is 6.59. The Kier molecular flexibility index (Phi) is 12.7. The second kappa shape index (κ2) is 15.0. The van der Waals surface area contributed by atoms with Crippen LogP contribution in [-0.4, -0.2) is 25.4 Å². The van der Waals surface area contributed by atoms with Crippen LogP contribution in [-0.2, 0) is 19.9 Å². The molecule has 3 nitrogen and oxygen atoms in total. The lowest BCUT2D eigenvalue weighted by Gasteiger charge is -2.32. The molecule has 2 atom stereocenters. The van der Waals surface area contributed by atoms with E-state index in [1.165, 1.54) is 43.9 Å². The van der Waals surface area contributed by atoms with Gasteiger partial charge in [0.15, 0.2) is 6.10 Å². The number of rotatable bonds is 12. The van der Waals surface area contributed by atoms with Crippen LogP contribution in [0, 0.1) is 23.7 Å². The molecule has 1 rings (SSSR count). The highest BCUT2D eigenvalue weighted by atomic mass is 19.4. The van der Waals surface area contributed by atoms with Gasteiger partial charge in [-0.3, -0.25) is 0 Å². The average Bonchev–Trinajstić information content (AvgIpc) is 2.79. The molecule has 0 heterocycles. The van der Waals surface area contributed by atoms with Crippen molar-refractivity contribution in [2.45, 2.75) is 69.8 Å². The van der Waals surface area contributed by atoms with Crippen molar-refractivity contribution in [3.8, 4) is 23.7 Å². The average molecular weight is 461 g/mol. The first-order valence-electron chi connectivity index (χ1n) is 11.0. The fourth-order valence-electron chi connectivity index (χ4n) is 3.05. The van der Waals surface area contributed by atoms with Crippen LogP contribution >= 0.6 is 0 Å². The van der Waals surface area contributed by atoms with Crippen molar-refractivity contribution in [2.75, 3.05) is 7.11 Å².